The summed E-state index contributed by atoms with van der Waals surface area (Å²) in [4.78, 5) is 11.7. The molecule has 3 aliphatic rings. The molecule has 1 fully saturated rings. The summed E-state index contributed by atoms with van der Waals surface area (Å²) >= 11 is 0. The van der Waals surface area contributed by atoms with Crippen molar-refractivity contribution in [3.05, 3.63) is 60.2 Å². The van der Waals surface area contributed by atoms with Gasteiger partial charge < -0.3 is 5.11 Å². The van der Waals surface area contributed by atoms with Crippen LogP contribution in [0.15, 0.2) is 54.6 Å². The molecule has 4 rings (SSSR count). The molecule has 1 aromatic rings. The molecule has 2 heteroatoms. The highest BCUT2D eigenvalue weighted by Gasteiger charge is 2.78. The maximum absolute atomic E-state index is 11.7. The van der Waals surface area contributed by atoms with Crippen molar-refractivity contribution in [2.24, 2.45) is 16.7 Å². The van der Waals surface area contributed by atoms with E-state index in [-0.39, 0.29) is 16.7 Å². The Hall–Kier alpha value is -1.83. The molecule has 0 bridgehead atoms. The molecule has 20 heavy (non-hydrogen) atoms. The number of carbonyl (C=O) groups is 1. The number of benzene rings is 1. The molecular weight excluding hydrogens is 248 g/mol. The number of hydrogen-bond acceptors (Lipinski definition) is 1. The Morgan fingerprint density at radius 1 is 1.15 bits per heavy atom. The Morgan fingerprint density at radius 3 is 2.65 bits per heavy atom. The second kappa shape index (κ2) is 3.85. The van der Waals surface area contributed by atoms with Crippen LogP contribution in [0.3, 0.4) is 0 Å². The Labute approximate surface area is 118 Å². The molecular formula is C18H18O2. The SMILES string of the molecule is O=C(O)C1[C@@]23CC=CC[C@@]12C=C[C@H](c1ccccc1)C3. The highest BCUT2D eigenvalue weighted by atomic mass is 16.4. The molecule has 102 valence electrons. The Kier molecular flexibility index (Phi) is 2.30. The Balaban J connectivity index is 1.73. The Morgan fingerprint density at radius 2 is 1.90 bits per heavy atom. The number of aliphatic carboxylic acids is 1. The summed E-state index contributed by atoms with van der Waals surface area (Å²) in [5, 5.41) is 9.60. The smallest absolute Gasteiger partial charge is 0.308 e. The van der Waals surface area contributed by atoms with Gasteiger partial charge in [0.05, 0.1) is 5.92 Å². The van der Waals surface area contributed by atoms with Crippen molar-refractivity contribution in [1.29, 1.82) is 0 Å². The Bertz CT molecular complexity index is 616. The topological polar surface area (TPSA) is 37.3 Å². The summed E-state index contributed by atoms with van der Waals surface area (Å²) in [6.45, 7) is 0. The molecule has 0 heterocycles. The van der Waals surface area contributed by atoms with E-state index < -0.39 is 5.97 Å². The molecule has 1 unspecified atom stereocenters. The fourth-order valence-electron chi connectivity index (χ4n) is 4.75. The maximum Gasteiger partial charge on any atom is 0.308 e. The monoisotopic (exact) mass is 266 g/mol. The van der Waals surface area contributed by atoms with Crippen LogP contribution in [0.4, 0.5) is 0 Å². The predicted octanol–water partition coefficient (Wildman–Crippen LogP) is 3.77. The van der Waals surface area contributed by atoms with Crippen molar-refractivity contribution in [2.75, 3.05) is 0 Å². The zero-order valence-electron chi connectivity index (χ0n) is 11.3. The van der Waals surface area contributed by atoms with Gasteiger partial charge in [-0.05, 0) is 30.2 Å². The summed E-state index contributed by atoms with van der Waals surface area (Å²) < 4.78 is 0. The average molecular weight is 266 g/mol. The summed E-state index contributed by atoms with van der Waals surface area (Å²) in [6, 6.07) is 10.4. The quantitative estimate of drug-likeness (QED) is 0.827. The first-order chi connectivity index (χ1) is 9.70. The normalized spacial score (nSPS) is 40.8. The highest BCUT2D eigenvalue weighted by Crippen LogP contribution is 2.79. The number of hydrogen-bond donors (Lipinski definition) is 1. The minimum atomic E-state index is -0.618. The van der Waals surface area contributed by atoms with Crippen molar-refractivity contribution < 1.29 is 9.90 Å². The van der Waals surface area contributed by atoms with Crippen LogP contribution in [0.1, 0.15) is 30.7 Å². The third-order valence-electron chi connectivity index (χ3n) is 5.70. The third kappa shape index (κ3) is 1.32. The van der Waals surface area contributed by atoms with Gasteiger partial charge in [0.25, 0.3) is 0 Å². The van der Waals surface area contributed by atoms with Gasteiger partial charge in [0.15, 0.2) is 0 Å². The minimum Gasteiger partial charge on any atom is -0.481 e. The number of carboxylic acids is 1. The van der Waals surface area contributed by atoms with E-state index in [1.54, 1.807) is 0 Å². The van der Waals surface area contributed by atoms with E-state index in [0.29, 0.717) is 5.92 Å². The molecule has 1 aromatic carbocycles. The third-order valence-corrected chi connectivity index (χ3v) is 5.70. The standard InChI is InChI=1S/C18H18O2/c19-16(20)15-17-9-4-5-10-18(15,17)12-14(8-11-17)13-6-2-1-3-7-13/h1-8,11,14-15H,9-10,12H2,(H,19,20)/t14-,15?,17+,18-/m0/s1. The van der Waals surface area contributed by atoms with E-state index in [0.717, 1.165) is 19.3 Å². The molecule has 0 aliphatic heterocycles. The number of carboxylic acid groups (broad SMARTS) is 1. The van der Waals surface area contributed by atoms with Gasteiger partial charge in [0.1, 0.15) is 0 Å². The van der Waals surface area contributed by atoms with Crippen LogP contribution in [0, 0.1) is 16.7 Å². The number of allylic oxidation sites excluding steroid dienone is 4. The lowest BCUT2D eigenvalue weighted by molar-refractivity contribution is -0.139. The van der Waals surface area contributed by atoms with Crippen LogP contribution in [0.5, 0.6) is 0 Å². The van der Waals surface area contributed by atoms with E-state index in [2.05, 4.69) is 48.6 Å². The van der Waals surface area contributed by atoms with Crippen molar-refractivity contribution >= 4 is 5.97 Å². The fourth-order valence-corrected chi connectivity index (χ4v) is 4.75. The molecule has 4 atom stereocenters. The number of rotatable bonds is 2. The first-order valence-electron chi connectivity index (χ1n) is 7.32. The van der Waals surface area contributed by atoms with E-state index in [1.165, 1.54) is 5.56 Å². The molecule has 0 radical (unpaired) electrons. The van der Waals surface area contributed by atoms with Crippen molar-refractivity contribution in [2.45, 2.75) is 25.2 Å². The van der Waals surface area contributed by atoms with Crippen molar-refractivity contribution in [3.8, 4) is 0 Å². The van der Waals surface area contributed by atoms with Gasteiger partial charge in [-0.15, -0.1) is 0 Å². The summed E-state index contributed by atoms with van der Waals surface area (Å²) in [7, 11) is 0. The van der Waals surface area contributed by atoms with E-state index >= 15 is 0 Å². The molecule has 1 saturated carbocycles. The van der Waals surface area contributed by atoms with Crippen LogP contribution in [-0.2, 0) is 4.79 Å². The van der Waals surface area contributed by atoms with Crippen molar-refractivity contribution in [3.63, 3.8) is 0 Å². The molecule has 0 spiro atoms. The average Bonchev–Trinajstić information content (AvgIpc) is 3.11. The lowest BCUT2D eigenvalue weighted by Gasteiger charge is -2.32. The van der Waals surface area contributed by atoms with Gasteiger partial charge in [0.2, 0.25) is 0 Å². The van der Waals surface area contributed by atoms with Crippen LogP contribution < -0.4 is 0 Å². The van der Waals surface area contributed by atoms with E-state index in [9.17, 15) is 9.90 Å². The molecule has 3 aliphatic carbocycles. The first kappa shape index (κ1) is 12.0. The predicted molar refractivity (Wildman–Crippen MR) is 77.3 cm³/mol. The summed E-state index contributed by atoms with van der Waals surface area (Å²) in [6.07, 6.45) is 11.6. The molecule has 2 nitrogen and oxygen atoms in total. The zero-order valence-corrected chi connectivity index (χ0v) is 11.3. The van der Waals surface area contributed by atoms with Gasteiger partial charge in [-0.3, -0.25) is 4.79 Å². The van der Waals surface area contributed by atoms with Crippen molar-refractivity contribution in [1.82, 2.24) is 0 Å². The summed E-state index contributed by atoms with van der Waals surface area (Å²) in [5.41, 5.74) is 1.17. The molecule has 0 saturated heterocycles. The molecule has 0 aromatic heterocycles. The first-order valence-corrected chi connectivity index (χ1v) is 7.32. The molecule has 1 N–H and O–H groups in total. The highest BCUT2D eigenvalue weighted by molar-refractivity contribution is 5.79. The zero-order chi connectivity index (χ0) is 13.8. The largest absolute Gasteiger partial charge is 0.481 e. The van der Waals surface area contributed by atoms with Gasteiger partial charge in [-0.25, -0.2) is 0 Å². The molecule has 0 amide bonds. The van der Waals surface area contributed by atoms with Gasteiger partial charge in [0, 0.05) is 11.3 Å². The lowest BCUT2D eigenvalue weighted by atomic mass is 9.72. The van der Waals surface area contributed by atoms with Crippen LogP contribution in [0.25, 0.3) is 0 Å². The second-order valence-electron chi connectivity index (χ2n) is 6.43. The van der Waals surface area contributed by atoms with Crippen LogP contribution in [-0.4, -0.2) is 11.1 Å². The summed E-state index contributed by atoms with van der Waals surface area (Å²) in [5.74, 6) is -0.456. The van der Waals surface area contributed by atoms with Crippen LogP contribution >= 0.6 is 0 Å². The van der Waals surface area contributed by atoms with Gasteiger partial charge in [-0.1, -0.05) is 54.6 Å². The van der Waals surface area contributed by atoms with Gasteiger partial charge in [-0.2, -0.15) is 0 Å². The minimum absolute atomic E-state index is 0.0388. The van der Waals surface area contributed by atoms with E-state index in [4.69, 9.17) is 0 Å². The fraction of sp³-hybridized carbons (Fsp3) is 0.389. The van der Waals surface area contributed by atoms with Gasteiger partial charge >= 0.3 is 5.97 Å². The maximum atomic E-state index is 11.7. The van der Waals surface area contributed by atoms with E-state index in [1.807, 2.05) is 6.07 Å². The van der Waals surface area contributed by atoms with Crippen LogP contribution in [0.2, 0.25) is 0 Å². The lowest BCUT2D eigenvalue weighted by Crippen LogP contribution is -2.21. The second-order valence-corrected chi connectivity index (χ2v) is 6.43.